The molecule has 3 heterocycles. The Bertz CT molecular complexity index is 1290. The third kappa shape index (κ3) is 4.79. The van der Waals surface area contributed by atoms with E-state index in [9.17, 15) is 9.59 Å². The van der Waals surface area contributed by atoms with E-state index in [-0.39, 0.29) is 17.5 Å². The molecule has 3 aromatic heterocycles. The molecule has 4 rings (SSSR count). The van der Waals surface area contributed by atoms with Crippen LogP contribution in [0.3, 0.4) is 0 Å². The van der Waals surface area contributed by atoms with Crippen molar-refractivity contribution in [2.75, 3.05) is 12.9 Å². The standard InChI is InChI=1S/C24H24N4O3S2/c1-15-12-20(16(2)28(15)18-9-7-17(8-10-18)23(30)31-4)21(29)14-33-24-26-25-22(27(24)3)13-19-6-5-11-32-19/h5-12H,13-14H2,1-4H3. The summed E-state index contributed by atoms with van der Waals surface area (Å²) in [6.07, 6.45) is 0.728. The van der Waals surface area contributed by atoms with Crippen LogP contribution in [-0.2, 0) is 18.2 Å². The number of thioether (sulfide) groups is 1. The Labute approximate surface area is 200 Å². The maximum Gasteiger partial charge on any atom is 0.337 e. The van der Waals surface area contributed by atoms with Gasteiger partial charge in [0.2, 0.25) is 0 Å². The van der Waals surface area contributed by atoms with Gasteiger partial charge in [0.25, 0.3) is 0 Å². The summed E-state index contributed by atoms with van der Waals surface area (Å²) in [5, 5.41) is 11.3. The smallest absolute Gasteiger partial charge is 0.337 e. The van der Waals surface area contributed by atoms with E-state index < -0.39 is 0 Å². The first-order valence-corrected chi connectivity index (χ1v) is 12.2. The second kappa shape index (κ2) is 9.76. The van der Waals surface area contributed by atoms with Crippen molar-refractivity contribution in [3.8, 4) is 5.69 Å². The minimum atomic E-state index is -0.377. The number of carbonyl (C=O) groups excluding carboxylic acids is 2. The normalized spacial score (nSPS) is 11.0. The van der Waals surface area contributed by atoms with Crippen LogP contribution in [0.15, 0.2) is 53.0 Å². The first kappa shape index (κ1) is 23.0. The second-order valence-corrected chi connectivity index (χ2v) is 9.56. The lowest BCUT2D eigenvalue weighted by Crippen LogP contribution is -2.07. The number of ketones is 1. The summed E-state index contributed by atoms with van der Waals surface area (Å²) < 4.78 is 8.72. The number of nitrogens with zero attached hydrogens (tertiary/aromatic N) is 4. The number of methoxy groups -OCH3 is 1. The van der Waals surface area contributed by atoms with Gasteiger partial charge in [0.15, 0.2) is 10.9 Å². The van der Waals surface area contributed by atoms with Crippen molar-refractivity contribution in [3.63, 3.8) is 0 Å². The third-order valence-electron chi connectivity index (χ3n) is 5.45. The molecule has 0 unspecified atom stereocenters. The van der Waals surface area contributed by atoms with Gasteiger partial charge in [-0.25, -0.2) is 4.79 Å². The second-order valence-electron chi connectivity index (χ2n) is 7.58. The minimum absolute atomic E-state index is 0.0355. The quantitative estimate of drug-likeness (QED) is 0.208. The first-order chi connectivity index (χ1) is 15.9. The highest BCUT2D eigenvalue weighted by atomic mass is 32.2. The van der Waals surface area contributed by atoms with Gasteiger partial charge in [0.05, 0.1) is 18.4 Å². The molecule has 0 aliphatic carbocycles. The Morgan fingerprint density at radius 2 is 1.88 bits per heavy atom. The van der Waals surface area contributed by atoms with Gasteiger partial charge < -0.3 is 13.9 Å². The molecule has 0 fully saturated rings. The van der Waals surface area contributed by atoms with Crippen molar-refractivity contribution in [2.24, 2.45) is 7.05 Å². The highest BCUT2D eigenvalue weighted by Crippen LogP contribution is 2.25. The van der Waals surface area contributed by atoms with E-state index in [0.717, 1.165) is 34.5 Å². The van der Waals surface area contributed by atoms with Crippen molar-refractivity contribution >= 4 is 34.9 Å². The first-order valence-electron chi connectivity index (χ1n) is 10.3. The van der Waals surface area contributed by atoms with Gasteiger partial charge in [0, 0.05) is 41.0 Å². The number of carbonyl (C=O) groups is 2. The molecule has 9 heteroatoms. The zero-order valence-corrected chi connectivity index (χ0v) is 20.5. The molecule has 0 N–H and O–H groups in total. The molecule has 0 amide bonds. The van der Waals surface area contributed by atoms with E-state index >= 15 is 0 Å². The van der Waals surface area contributed by atoms with E-state index in [1.807, 2.05) is 59.7 Å². The topological polar surface area (TPSA) is 79.0 Å². The Morgan fingerprint density at radius 1 is 1.12 bits per heavy atom. The molecule has 33 heavy (non-hydrogen) atoms. The number of aryl methyl sites for hydroxylation is 1. The molecule has 0 spiro atoms. The van der Waals surface area contributed by atoms with Crippen molar-refractivity contribution in [1.82, 2.24) is 19.3 Å². The van der Waals surface area contributed by atoms with Crippen molar-refractivity contribution in [1.29, 1.82) is 0 Å². The fraction of sp³-hybridized carbons (Fsp3) is 0.250. The lowest BCUT2D eigenvalue weighted by atomic mass is 10.2. The Hall–Kier alpha value is -3.17. The number of esters is 1. The monoisotopic (exact) mass is 480 g/mol. The average molecular weight is 481 g/mol. The molecule has 0 aliphatic rings. The van der Waals surface area contributed by atoms with Gasteiger partial charge in [-0.2, -0.15) is 0 Å². The summed E-state index contributed by atoms with van der Waals surface area (Å²) in [7, 11) is 3.29. The molecular weight excluding hydrogens is 456 g/mol. The number of Topliss-reactive ketones (excluding diaryl/α,β-unsaturated/α-hetero) is 1. The van der Waals surface area contributed by atoms with Crippen molar-refractivity contribution < 1.29 is 14.3 Å². The van der Waals surface area contributed by atoms with Crippen LogP contribution in [0.5, 0.6) is 0 Å². The predicted octanol–water partition coefficient (Wildman–Crippen LogP) is 4.64. The van der Waals surface area contributed by atoms with Crippen LogP contribution < -0.4 is 0 Å². The van der Waals surface area contributed by atoms with Gasteiger partial charge in [-0.1, -0.05) is 17.8 Å². The fourth-order valence-corrected chi connectivity index (χ4v) is 5.22. The van der Waals surface area contributed by atoms with Gasteiger partial charge in [-0.3, -0.25) is 4.79 Å². The highest BCUT2D eigenvalue weighted by Gasteiger charge is 2.19. The zero-order chi connectivity index (χ0) is 23.5. The average Bonchev–Trinajstić information content (AvgIpc) is 3.53. The maximum atomic E-state index is 13.0. The van der Waals surface area contributed by atoms with Crippen LogP contribution in [0.4, 0.5) is 0 Å². The van der Waals surface area contributed by atoms with Crippen LogP contribution in [0.2, 0.25) is 0 Å². The zero-order valence-electron chi connectivity index (χ0n) is 18.9. The lowest BCUT2D eigenvalue weighted by molar-refractivity contribution is 0.0600. The molecule has 0 saturated heterocycles. The largest absolute Gasteiger partial charge is 0.465 e. The number of hydrogen-bond donors (Lipinski definition) is 0. The molecule has 0 saturated carbocycles. The van der Waals surface area contributed by atoms with E-state index in [0.29, 0.717) is 11.1 Å². The molecule has 0 radical (unpaired) electrons. The van der Waals surface area contributed by atoms with E-state index in [4.69, 9.17) is 4.74 Å². The number of rotatable bonds is 8. The van der Waals surface area contributed by atoms with Crippen LogP contribution in [0.1, 0.15) is 42.8 Å². The summed E-state index contributed by atoms with van der Waals surface area (Å²) >= 11 is 3.08. The van der Waals surface area contributed by atoms with Crippen LogP contribution in [0, 0.1) is 13.8 Å². The molecule has 0 atom stereocenters. The molecule has 170 valence electrons. The number of thiophene rings is 1. The molecule has 7 nitrogen and oxygen atoms in total. The van der Waals surface area contributed by atoms with Gasteiger partial charge in [0.1, 0.15) is 5.82 Å². The highest BCUT2D eigenvalue weighted by molar-refractivity contribution is 7.99. The maximum absolute atomic E-state index is 13.0. The number of ether oxygens (including phenoxy) is 1. The fourth-order valence-electron chi connectivity index (χ4n) is 3.71. The summed E-state index contributed by atoms with van der Waals surface area (Å²) in [4.78, 5) is 26.0. The molecule has 0 bridgehead atoms. The van der Waals surface area contributed by atoms with Crippen LogP contribution in [-0.4, -0.2) is 43.9 Å². The number of aromatic nitrogens is 4. The predicted molar refractivity (Wildman–Crippen MR) is 130 cm³/mol. The Morgan fingerprint density at radius 3 is 2.55 bits per heavy atom. The third-order valence-corrected chi connectivity index (χ3v) is 7.34. The Balaban J connectivity index is 1.47. The van der Waals surface area contributed by atoms with Crippen LogP contribution in [0.25, 0.3) is 5.69 Å². The molecule has 0 aliphatic heterocycles. The minimum Gasteiger partial charge on any atom is -0.465 e. The van der Waals surface area contributed by atoms with Crippen molar-refractivity contribution in [3.05, 3.63) is 81.1 Å². The van der Waals surface area contributed by atoms with Crippen molar-refractivity contribution in [2.45, 2.75) is 25.4 Å². The summed E-state index contributed by atoms with van der Waals surface area (Å²) in [5.74, 6) is 0.809. The SMILES string of the molecule is COC(=O)c1ccc(-n2c(C)cc(C(=O)CSc3nnc(Cc4cccs4)n3C)c2C)cc1. The van der Waals surface area contributed by atoms with E-state index in [1.165, 1.54) is 23.7 Å². The number of benzene rings is 1. The van der Waals surface area contributed by atoms with E-state index in [1.54, 1.807) is 23.5 Å². The van der Waals surface area contributed by atoms with Gasteiger partial charge in [-0.15, -0.1) is 21.5 Å². The lowest BCUT2D eigenvalue weighted by Gasteiger charge is -2.10. The summed E-state index contributed by atoms with van der Waals surface area (Å²) in [5.41, 5.74) is 3.86. The Kier molecular flexibility index (Phi) is 6.80. The number of hydrogen-bond acceptors (Lipinski definition) is 7. The molecular formula is C24H24N4O3S2. The summed E-state index contributed by atoms with van der Waals surface area (Å²) in [6.45, 7) is 3.89. The van der Waals surface area contributed by atoms with E-state index in [2.05, 4.69) is 16.3 Å². The molecule has 1 aromatic carbocycles. The van der Waals surface area contributed by atoms with Crippen LogP contribution >= 0.6 is 23.1 Å². The molecule has 4 aromatic rings. The van der Waals surface area contributed by atoms with Gasteiger partial charge in [-0.05, 0) is 55.6 Å². The van der Waals surface area contributed by atoms with Gasteiger partial charge >= 0.3 is 5.97 Å². The summed E-state index contributed by atoms with van der Waals surface area (Å²) in [6, 6.07) is 13.2.